The fraction of sp³-hybridized carbons (Fsp3) is 0.700. The van der Waals surface area contributed by atoms with E-state index in [1.807, 2.05) is 0 Å². The number of amides is 2. The molecule has 3 N–H and O–H groups in total. The van der Waals surface area contributed by atoms with E-state index in [1.54, 1.807) is 0 Å². The largest absolute Gasteiger partial charge is 0.481 e. The van der Waals surface area contributed by atoms with Crippen LogP contribution in [0, 0.1) is 0 Å². The Morgan fingerprint density at radius 1 is 1.18 bits per heavy atom. The molecule has 1 saturated heterocycles. The first kappa shape index (κ1) is 13.3. The zero-order valence-corrected chi connectivity index (χ0v) is 9.39. The van der Waals surface area contributed by atoms with Crippen molar-refractivity contribution in [2.75, 3.05) is 13.1 Å². The number of rotatable bonds is 5. The molecule has 0 aromatic carbocycles. The number of carboxylic acid groups (broad SMARTS) is 2. The molecular weight excluding hydrogens is 228 g/mol. The highest BCUT2D eigenvalue weighted by atomic mass is 16.4. The Labute approximate surface area is 98.4 Å². The SMILES string of the molecule is O=C(O)CC[C@H](NC(=O)N1CCCC1)C(=O)O. The van der Waals surface area contributed by atoms with E-state index in [-0.39, 0.29) is 12.8 Å². The number of hydrogen-bond donors (Lipinski definition) is 3. The van der Waals surface area contributed by atoms with Crippen molar-refractivity contribution < 1.29 is 24.6 Å². The summed E-state index contributed by atoms with van der Waals surface area (Å²) in [5, 5.41) is 19.7. The third kappa shape index (κ3) is 4.29. The molecule has 0 aliphatic carbocycles. The van der Waals surface area contributed by atoms with Crippen LogP contribution in [0.25, 0.3) is 0 Å². The standard InChI is InChI=1S/C10H16N2O5/c13-8(14)4-3-7(9(15)16)11-10(17)12-5-1-2-6-12/h7H,1-6H2,(H,11,17)(H,13,14)(H,15,16)/t7-/m0/s1. The molecule has 2 amide bonds. The lowest BCUT2D eigenvalue weighted by atomic mass is 10.1. The second kappa shape index (κ2) is 6.07. The zero-order valence-electron chi connectivity index (χ0n) is 9.39. The molecular formula is C10H16N2O5. The van der Waals surface area contributed by atoms with Crippen molar-refractivity contribution >= 4 is 18.0 Å². The molecule has 0 saturated carbocycles. The third-order valence-corrected chi connectivity index (χ3v) is 2.64. The van der Waals surface area contributed by atoms with Gasteiger partial charge in [0.05, 0.1) is 0 Å². The molecule has 96 valence electrons. The first-order valence-corrected chi connectivity index (χ1v) is 5.50. The normalized spacial score (nSPS) is 16.6. The molecule has 1 fully saturated rings. The number of carbonyl (C=O) groups excluding carboxylic acids is 1. The summed E-state index contributed by atoms with van der Waals surface area (Å²) >= 11 is 0. The maximum atomic E-state index is 11.6. The third-order valence-electron chi connectivity index (χ3n) is 2.64. The van der Waals surface area contributed by atoms with Gasteiger partial charge < -0.3 is 20.4 Å². The predicted molar refractivity (Wildman–Crippen MR) is 57.6 cm³/mol. The maximum absolute atomic E-state index is 11.6. The lowest BCUT2D eigenvalue weighted by molar-refractivity contribution is -0.140. The second-order valence-corrected chi connectivity index (χ2v) is 3.97. The number of nitrogens with one attached hydrogen (secondary N) is 1. The lowest BCUT2D eigenvalue weighted by Crippen LogP contribution is -2.47. The van der Waals surface area contributed by atoms with Crippen LogP contribution in [-0.4, -0.2) is 52.2 Å². The first-order chi connectivity index (χ1) is 8.00. The van der Waals surface area contributed by atoms with Crippen LogP contribution in [0.1, 0.15) is 25.7 Å². The molecule has 0 aromatic heterocycles. The van der Waals surface area contributed by atoms with Crippen molar-refractivity contribution in [1.29, 1.82) is 0 Å². The summed E-state index contributed by atoms with van der Waals surface area (Å²) in [5.74, 6) is -2.29. The van der Waals surface area contributed by atoms with Gasteiger partial charge in [-0.1, -0.05) is 0 Å². The van der Waals surface area contributed by atoms with E-state index in [9.17, 15) is 14.4 Å². The van der Waals surface area contributed by atoms with E-state index in [2.05, 4.69) is 5.32 Å². The minimum absolute atomic E-state index is 0.107. The van der Waals surface area contributed by atoms with Gasteiger partial charge in [0.1, 0.15) is 6.04 Å². The summed E-state index contributed by atoms with van der Waals surface area (Å²) in [4.78, 5) is 34.3. The Hall–Kier alpha value is -1.79. The summed E-state index contributed by atoms with van der Waals surface area (Å²) in [6.07, 6.45) is 1.45. The van der Waals surface area contributed by atoms with Crippen molar-refractivity contribution in [3.63, 3.8) is 0 Å². The monoisotopic (exact) mass is 244 g/mol. The summed E-state index contributed by atoms with van der Waals surface area (Å²) in [7, 11) is 0. The van der Waals surface area contributed by atoms with Crippen molar-refractivity contribution in [3.8, 4) is 0 Å². The van der Waals surface area contributed by atoms with E-state index < -0.39 is 24.0 Å². The van der Waals surface area contributed by atoms with Crippen LogP contribution in [0.3, 0.4) is 0 Å². The van der Waals surface area contributed by atoms with Crippen LogP contribution in [0.15, 0.2) is 0 Å². The van der Waals surface area contributed by atoms with E-state index in [0.717, 1.165) is 12.8 Å². The van der Waals surface area contributed by atoms with Crippen LogP contribution >= 0.6 is 0 Å². The average molecular weight is 244 g/mol. The quantitative estimate of drug-likeness (QED) is 0.636. The highest BCUT2D eigenvalue weighted by molar-refractivity contribution is 5.83. The number of carboxylic acids is 2. The minimum Gasteiger partial charge on any atom is -0.481 e. The smallest absolute Gasteiger partial charge is 0.326 e. The summed E-state index contributed by atoms with van der Waals surface area (Å²) in [6.45, 7) is 1.24. The van der Waals surface area contributed by atoms with Gasteiger partial charge in [0, 0.05) is 19.5 Å². The molecule has 0 unspecified atom stereocenters. The Morgan fingerprint density at radius 3 is 2.24 bits per heavy atom. The highest BCUT2D eigenvalue weighted by Gasteiger charge is 2.25. The van der Waals surface area contributed by atoms with Crippen molar-refractivity contribution in [2.24, 2.45) is 0 Å². The number of urea groups is 1. The van der Waals surface area contributed by atoms with Crippen LogP contribution in [0.2, 0.25) is 0 Å². The number of carbonyl (C=O) groups is 3. The Morgan fingerprint density at radius 2 is 1.76 bits per heavy atom. The van der Waals surface area contributed by atoms with Gasteiger partial charge >= 0.3 is 18.0 Å². The molecule has 7 heteroatoms. The van der Waals surface area contributed by atoms with Gasteiger partial charge in [-0.15, -0.1) is 0 Å². The predicted octanol–water partition coefficient (Wildman–Crippen LogP) is 0.110. The molecule has 1 aliphatic rings. The van der Waals surface area contributed by atoms with Crippen molar-refractivity contribution in [1.82, 2.24) is 10.2 Å². The Bertz CT molecular complexity index is 312. The number of aliphatic carboxylic acids is 2. The number of hydrogen-bond acceptors (Lipinski definition) is 3. The van der Waals surface area contributed by atoms with E-state index >= 15 is 0 Å². The fourth-order valence-corrected chi connectivity index (χ4v) is 1.69. The molecule has 0 radical (unpaired) electrons. The van der Waals surface area contributed by atoms with E-state index in [0.29, 0.717) is 13.1 Å². The first-order valence-electron chi connectivity index (χ1n) is 5.50. The summed E-state index contributed by atoms with van der Waals surface area (Å²) < 4.78 is 0. The van der Waals surface area contributed by atoms with Gasteiger partial charge in [-0.25, -0.2) is 9.59 Å². The molecule has 0 spiro atoms. The Balaban J connectivity index is 2.44. The van der Waals surface area contributed by atoms with Crippen LogP contribution in [0.5, 0.6) is 0 Å². The van der Waals surface area contributed by atoms with Crippen molar-refractivity contribution in [2.45, 2.75) is 31.7 Å². The Kier molecular flexibility index (Phi) is 4.74. The zero-order chi connectivity index (χ0) is 12.8. The van der Waals surface area contributed by atoms with Crippen LogP contribution < -0.4 is 5.32 Å². The number of likely N-dealkylation sites (tertiary alicyclic amines) is 1. The van der Waals surface area contributed by atoms with E-state index in [1.165, 1.54) is 4.90 Å². The summed E-state index contributed by atoms with van der Waals surface area (Å²) in [5.41, 5.74) is 0. The molecule has 1 atom stereocenters. The molecule has 0 aromatic rings. The van der Waals surface area contributed by atoms with Crippen molar-refractivity contribution in [3.05, 3.63) is 0 Å². The molecule has 7 nitrogen and oxygen atoms in total. The highest BCUT2D eigenvalue weighted by Crippen LogP contribution is 2.08. The van der Waals surface area contributed by atoms with Gasteiger partial charge in [-0.3, -0.25) is 4.79 Å². The second-order valence-electron chi connectivity index (χ2n) is 3.97. The number of nitrogens with zero attached hydrogens (tertiary/aromatic N) is 1. The molecule has 1 heterocycles. The fourth-order valence-electron chi connectivity index (χ4n) is 1.69. The van der Waals surface area contributed by atoms with E-state index in [4.69, 9.17) is 10.2 Å². The molecule has 1 aliphatic heterocycles. The lowest BCUT2D eigenvalue weighted by Gasteiger charge is -2.20. The molecule has 0 bridgehead atoms. The minimum atomic E-state index is -1.21. The van der Waals surface area contributed by atoms with Gasteiger partial charge in [0.25, 0.3) is 0 Å². The van der Waals surface area contributed by atoms with Gasteiger partial charge in [0.15, 0.2) is 0 Å². The maximum Gasteiger partial charge on any atom is 0.326 e. The van der Waals surface area contributed by atoms with Gasteiger partial charge in [0.2, 0.25) is 0 Å². The summed E-state index contributed by atoms with van der Waals surface area (Å²) in [6, 6.07) is -1.57. The molecule has 1 rings (SSSR count). The van der Waals surface area contributed by atoms with Gasteiger partial charge in [-0.2, -0.15) is 0 Å². The average Bonchev–Trinajstić information content (AvgIpc) is 2.76. The molecule has 17 heavy (non-hydrogen) atoms. The van der Waals surface area contributed by atoms with Crippen LogP contribution in [0.4, 0.5) is 4.79 Å². The topological polar surface area (TPSA) is 107 Å². The van der Waals surface area contributed by atoms with Crippen LogP contribution in [-0.2, 0) is 9.59 Å². The van der Waals surface area contributed by atoms with Gasteiger partial charge in [-0.05, 0) is 19.3 Å².